The summed E-state index contributed by atoms with van der Waals surface area (Å²) in [5.74, 6) is 3.60. The Morgan fingerprint density at radius 1 is 1.10 bits per heavy atom. The van der Waals surface area contributed by atoms with Crippen LogP contribution in [0.3, 0.4) is 0 Å². The van der Waals surface area contributed by atoms with Gasteiger partial charge in [-0.25, -0.2) is 9.97 Å². The molecule has 1 aromatic heterocycles. The summed E-state index contributed by atoms with van der Waals surface area (Å²) in [6, 6.07) is 0.528. The van der Waals surface area contributed by atoms with E-state index in [-0.39, 0.29) is 0 Å². The zero-order chi connectivity index (χ0) is 15.2. The van der Waals surface area contributed by atoms with E-state index in [4.69, 9.17) is 4.98 Å². The molecule has 4 nitrogen and oxygen atoms in total. The van der Waals surface area contributed by atoms with E-state index in [1.165, 1.54) is 44.9 Å². The van der Waals surface area contributed by atoms with Crippen molar-refractivity contribution in [3.63, 3.8) is 0 Å². The monoisotopic (exact) mass is 290 g/mol. The van der Waals surface area contributed by atoms with Crippen molar-refractivity contribution in [1.29, 1.82) is 0 Å². The highest BCUT2D eigenvalue weighted by atomic mass is 15.1. The Morgan fingerprint density at radius 2 is 1.81 bits per heavy atom. The van der Waals surface area contributed by atoms with E-state index in [1.807, 2.05) is 7.05 Å². The fraction of sp³-hybridized carbons (Fsp3) is 0.765. The molecule has 0 aromatic carbocycles. The topological polar surface area (TPSA) is 49.8 Å². The molecule has 0 bridgehead atoms. The largest absolute Gasteiger partial charge is 0.373 e. The van der Waals surface area contributed by atoms with Crippen molar-refractivity contribution < 1.29 is 0 Å². The molecule has 2 N–H and O–H groups in total. The molecule has 1 atom stereocenters. The third-order valence-electron chi connectivity index (χ3n) is 4.23. The SMILES string of the molecule is CCCCC(CCC)Nc1nc(C2CC2)nc(NC)c1C. The third kappa shape index (κ3) is 4.32. The number of anilines is 2. The quantitative estimate of drug-likeness (QED) is 0.704. The molecule has 0 amide bonds. The lowest BCUT2D eigenvalue weighted by molar-refractivity contribution is 0.562. The molecule has 118 valence electrons. The van der Waals surface area contributed by atoms with E-state index < -0.39 is 0 Å². The second-order valence-electron chi connectivity index (χ2n) is 6.20. The van der Waals surface area contributed by atoms with E-state index in [0.29, 0.717) is 12.0 Å². The molecule has 1 fully saturated rings. The van der Waals surface area contributed by atoms with Gasteiger partial charge in [0.25, 0.3) is 0 Å². The zero-order valence-electron chi connectivity index (χ0n) is 14.0. The first-order valence-corrected chi connectivity index (χ1v) is 8.52. The number of rotatable bonds is 9. The maximum Gasteiger partial charge on any atom is 0.136 e. The molecule has 0 saturated heterocycles. The third-order valence-corrected chi connectivity index (χ3v) is 4.23. The van der Waals surface area contributed by atoms with Crippen molar-refractivity contribution in [2.24, 2.45) is 0 Å². The van der Waals surface area contributed by atoms with Gasteiger partial charge in [0.05, 0.1) is 0 Å². The van der Waals surface area contributed by atoms with Gasteiger partial charge in [0.2, 0.25) is 0 Å². The lowest BCUT2D eigenvalue weighted by atomic mass is 10.0. The van der Waals surface area contributed by atoms with Gasteiger partial charge in [0.1, 0.15) is 17.5 Å². The van der Waals surface area contributed by atoms with Crippen molar-refractivity contribution >= 4 is 11.6 Å². The van der Waals surface area contributed by atoms with E-state index >= 15 is 0 Å². The van der Waals surface area contributed by atoms with E-state index in [2.05, 4.69) is 36.4 Å². The minimum atomic E-state index is 0.528. The molecule has 1 aromatic rings. The van der Waals surface area contributed by atoms with Gasteiger partial charge in [-0.3, -0.25) is 0 Å². The van der Waals surface area contributed by atoms with Crippen molar-refractivity contribution in [2.75, 3.05) is 17.7 Å². The van der Waals surface area contributed by atoms with Gasteiger partial charge >= 0.3 is 0 Å². The van der Waals surface area contributed by atoms with E-state index in [1.54, 1.807) is 0 Å². The van der Waals surface area contributed by atoms with Crippen LogP contribution >= 0.6 is 0 Å². The van der Waals surface area contributed by atoms with Crippen LogP contribution in [-0.2, 0) is 0 Å². The predicted octanol–water partition coefficient (Wildman–Crippen LogP) is 4.47. The summed E-state index contributed by atoms with van der Waals surface area (Å²) < 4.78 is 0. The fourth-order valence-corrected chi connectivity index (χ4v) is 2.72. The molecule has 4 heteroatoms. The number of hydrogen-bond donors (Lipinski definition) is 2. The van der Waals surface area contributed by atoms with Crippen molar-refractivity contribution in [1.82, 2.24) is 9.97 Å². The number of unbranched alkanes of at least 4 members (excludes halogenated alkanes) is 1. The lowest BCUT2D eigenvalue weighted by Gasteiger charge is -2.21. The Labute approximate surface area is 129 Å². The first-order valence-electron chi connectivity index (χ1n) is 8.52. The van der Waals surface area contributed by atoms with Gasteiger partial charge in [-0.1, -0.05) is 33.1 Å². The minimum absolute atomic E-state index is 0.528. The lowest BCUT2D eigenvalue weighted by Crippen LogP contribution is -2.21. The highest BCUT2D eigenvalue weighted by Gasteiger charge is 2.28. The normalized spacial score (nSPS) is 15.8. The Kier molecular flexibility index (Phi) is 5.83. The summed E-state index contributed by atoms with van der Waals surface area (Å²) in [4.78, 5) is 9.48. The molecule has 0 spiro atoms. The van der Waals surface area contributed by atoms with Crippen molar-refractivity contribution in [3.05, 3.63) is 11.4 Å². The van der Waals surface area contributed by atoms with Crippen molar-refractivity contribution in [3.8, 4) is 0 Å². The van der Waals surface area contributed by atoms with Crippen LogP contribution in [0.2, 0.25) is 0 Å². The molecule has 1 aliphatic carbocycles. The number of nitrogens with zero attached hydrogens (tertiary/aromatic N) is 2. The standard InChI is InChI=1S/C17H30N4/c1-5-7-9-14(8-6-2)19-16-12(3)15(18-4)20-17(21-16)13-10-11-13/h13-14H,5-11H2,1-4H3,(H2,18,19,20,21). The van der Waals surface area contributed by atoms with Crippen LogP contribution in [0.15, 0.2) is 0 Å². The second kappa shape index (κ2) is 7.62. The molecular weight excluding hydrogens is 260 g/mol. The van der Waals surface area contributed by atoms with Crippen LogP contribution in [0.5, 0.6) is 0 Å². The summed E-state index contributed by atoms with van der Waals surface area (Å²) in [5, 5.41) is 6.91. The molecule has 1 heterocycles. The molecule has 1 aliphatic rings. The van der Waals surface area contributed by atoms with Gasteiger partial charge < -0.3 is 10.6 Å². The van der Waals surface area contributed by atoms with Gasteiger partial charge in [0, 0.05) is 24.6 Å². The van der Waals surface area contributed by atoms with Gasteiger partial charge in [-0.05, 0) is 32.6 Å². The number of hydrogen-bond acceptors (Lipinski definition) is 4. The van der Waals surface area contributed by atoms with Gasteiger partial charge in [-0.2, -0.15) is 0 Å². The van der Waals surface area contributed by atoms with E-state index in [0.717, 1.165) is 23.0 Å². The van der Waals surface area contributed by atoms with Crippen LogP contribution in [0.4, 0.5) is 11.6 Å². The summed E-state index contributed by atoms with van der Waals surface area (Å²) in [7, 11) is 1.94. The maximum atomic E-state index is 4.81. The highest BCUT2D eigenvalue weighted by Crippen LogP contribution is 2.39. The van der Waals surface area contributed by atoms with Crippen LogP contribution in [0.25, 0.3) is 0 Å². The average Bonchev–Trinajstić information content (AvgIpc) is 3.31. The predicted molar refractivity (Wildman–Crippen MR) is 90.1 cm³/mol. The number of nitrogens with one attached hydrogen (secondary N) is 2. The molecule has 21 heavy (non-hydrogen) atoms. The summed E-state index contributed by atoms with van der Waals surface area (Å²) in [6.07, 6.45) is 8.63. The second-order valence-corrected chi connectivity index (χ2v) is 6.20. The maximum absolute atomic E-state index is 4.81. The Balaban J connectivity index is 2.17. The first-order chi connectivity index (χ1) is 10.2. The summed E-state index contributed by atoms with van der Waals surface area (Å²) in [5.41, 5.74) is 1.14. The highest BCUT2D eigenvalue weighted by molar-refractivity contribution is 5.57. The molecule has 1 saturated carbocycles. The Morgan fingerprint density at radius 3 is 2.38 bits per heavy atom. The molecule has 1 unspecified atom stereocenters. The van der Waals surface area contributed by atoms with Crippen LogP contribution in [0.1, 0.15) is 76.1 Å². The number of aromatic nitrogens is 2. The van der Waals surface area contributed by atoms with Crippen LogP contribution in [0, 0.1) is 6.92 Å². The van der Waals surface area contributed by atoms with Crippen LogP contribution < -0.4 is 10.6 Å². The average molecular weight is 290 g/mol. The minimum Gasteiger partial charge on any atom is -0.373 e. The smallest absolute Gasteiger partial charge is 0.136 e. The Hall–Kier alpha value is -1.32. The van der Waals surface area contributed by atoms with Crippen LogP contribution in [-0.4, -0.2) is 23.1 Å². The van der Waals surface area contributed by atoms with E-state index in [9.17, 15) is 0 Å². The first kappa shape index (κ1) is 16.1. The Bertz CT molecular complexity index is 454. The molecule has 0 aliphatic heterocycles. The summed E-state index contributed by atoms with van der Waals surface area (Å²) in [6.45, 7) is 6.61. The fourth-order valence-electron chi connectivity index (χ4n) is 2.72. The van der Waals surface area contributed by atoms with Crippen molar-refractivity contribution in [2.45, 2.75) is 77.7 Å². The van der Waals surface area contributed by atoms with Gasteiger partial charge in [0.15, 0.2) is 0 Å². The molecule has 2 rings (SSSR count). The molecular formula is C17H30N4. The summed E-state index contributed by atoms with van der Waals surface area (Å²) >= 11 is 0. The van der Waals surface area contributed by atoms with Gasteiger partial charge in [-0.15, -0.1) is 0 Å². The zero-order valence-corrected chi connectivity index (χ0v) is 14.0. The molecule has 0 radical (unpaired) electrons.